The van der Waals surface area contributed by atoms with E-state index >= 15 is 0 Å². The highest BCUT2D eigenvalue weighted by Gasteiger charge is 2.15. The van der Waals surface area contributed by atoms with Crippen LogP contribution in [0.2, 0.25) is 0 Å². The molecule has 0 saturated carbocycles. The Morgan fingerprint density at radius 1 is 1.33 bits per heavy atom. The van der Waals surface area contributed by atoms with Crippen molar-refractivity contribution in [3.8, 4) is 0 Å². The second-order valence-electron chi connectivity index (χ2n) is 4.07. The van der Waals surface area contributed by atoms with E-state index in [2.05, 4.69) is 10.3 Å². The first-order valence-electron chi connectivity index (χ1n) is 5.63. The third kappa shape index (κ3) is 2.68. The number of nitrogens with zero attached hydrogens (tertiary/aromatic N) is 1. The summed E-state index contributed by atoms with van der Waals surface area (Å²) in [6.07, 6.45) is 0. The van der Waals surface area contributed by atoms with E-state index in [1.165, 1.54) is 0 Å². The van der Waals surface area contributed by atoms with E-state index < -0.39 is 0 Å². The van der Waals surface area contributed by atoms with Crippen molar-refractivity contribution in [2.45, 2.75) is 20.4 Å². The average molecular weight is 245 g/mol. The Morgan fingerprint density at radius 2 is 2.00 bits per heavy atom. The summed E-state index contributed by atoms with van der Waals surface area (Å²) in [7, 11) is 0. The Labute approximate surface area is 105 Å². The molecule has 5 nitrogen and oxygen atoms in total. The Hall–Kier alpha value is -2.30. The smallest absolute Gasteiger partial charge is 0.289 e. The first-order valence-corrected chi connectivity index (χ1v) is 5.63. The van der Waals surface area contributed by atoms with Gasteiger partial charge in [-0.3, -0.25) is 4.79 Å². The van der Waals surface area contributed by atoms with Crippen LogP contribution in [0.1, 0.15) is 27.7 Å². The molecule has 94 valence electrons. The third-order valence-corrected chi connectivity index (χ3v) is 2.54. The molecule has 1 aromatic carbocycles. The molecule has 0 saturated heterocycles. The van der Waals surface area contributed by atoms with Crippen molar-refractivity contribution in [3.63, 3.8) is 0 Å². The highest BCUT2D eigenvalue weighted by Crippen LogP contribution is 2.10. The number of aryl methyl sites for hydroxylation is 2. The van der Waals surface area contributed by atoms with Gasteiger partial charge >= 0.3 is 0 Å². The quantitative estimate of drug-likeness (QED) is 0.808. The van der Waals surface area contributed by atoms with Gasteiger partial charge in [-0.25, -0.2) is 4.98 Å². The molecule has 2 aromatic rings. The number of nitrogen functional groups attached to an aromatic ring is 1. The maximum atomic E-state index is 11.8. The number of hydrogen-bond acceptors (Lipinski definition) is 4. The molecule has 5 heteroatoms. The van der Waals surface area contributed by atoms with Crippen LogP contribution in [0.15, 0.2) is 28.7 Å². The maximum absolute atomic E-state index is 11.8. The Morgan fingerprint density at radius 3 is 2.56 bits per heavy atom. The van der Waals surface area contributed by atoms with Crippen LogP contribution in [0.5, 0.6) is 0 Å². The van der Waals surface area contributed by atoms with Crippen molar-refractivity contribution in [2.24, 2.45) is 0 Å². The van der Waals surface area contributed by atoms with E-state index in [0.717, 1.165) is 5.56 Å². The van der Waals surface area contributed by atoms with Crippen LogP contribution in [0.3, 0.4) is 0 Å². The van der Waals surface area contributed by atoms with Gasteiger partial charge in [-0.2, -0.15) is 0 Å². The van der Waals surface area contributed by atoms with E-state index in [9.17, 15) is 4.79 Å². The molecule has 0 spiro atoms. The van der Waals surface area contributed by atoms with Gasteiger partial charge < -0.3 is 15.5 Å². The Balaban J connectivity index is 2.00. The van der Waals surface area contributed by atoms with E-state index in [-0.39, 0.29) is 11.7 Å². The number of amides is 1. The molecule has 0 unspecified atom stereocenters. The molecule has 2 rings (SSSR count). The molecule has 1 amide bonds. The molecule has 0 aliphatic carbocycles. The van der Waals surface area contributed by atoms with Crippen LogP contribution in [-0.4, -0.2) is 10.9 Å². The fourth-order valence-corrected chi connectivity index (χ4v) is 1.64. The lowest BCUT2D eigenvalue weighted by atomic mass is 10.2. The lowest BCUT2D eigenvalue weighted by Gasteiger charge is -2.04. The monoisotopic (exact) mass is 245 g/mol. The van der Waals surface area contributed by atoms with Gasteiger partial charge in [0.1, 0.15) is 0 Å². The van der Waals surface area contributed by atoms with E-state index in [1.807, 2.05) is 12.1 Å². The van der Waals surface area contributed by atoms with Gasteiger partial charge in [0.15, 0.2) is 5.89 Å². The second kappa shape index (κ2) is 4.91. The Bertz CT molecular complexity index is 558. The number of nitrogens with one attached hydrogen (secondary N) is 1. The van der Waals surface area contributed by atoms with Gasteiger partial charge in [-0.05, 0) is 24.6 Å². The van der Waals surface area contributed by atoms with Gasteiger partial charge in [0.2, 0.25) is 5.76 Å². The first kappa shape index (κ1) is 12.2. The molecule has 0 bridgehead atoms. The lowest BCUT2D eigenvalue weighted by Crippen LogP contribution is -2.23. The molecular weight excluding hydrogens is 230 g/mol. The van der Waals surface area contributed by atoms with Crippen LogP contribution < -0.4 is 11.1 Å². The molecular formula is C13H15N3O2. The number of aromatic nitrogens is 1. The molecule has 1 heterocycles. The van der Waals surface area contributed by atoms with E-state index in [4.69, 9.17) is 10.2 Å². The van der Waals surface area contributed by atoms with E-state index in [0.29, 0.717) is 23.8 Å². The number of anilines is 1. The summed E-state index contributed by atoms with van der Waals surface area (Å²) < 4.78 is 5.24. The third-order valence-electron chi connectivity index (χ3n) is 2.54. The molecule has 1 aromatic heterocycles. The number of hydrogen-bond donors (Lipinski definition) is 2. The van der Waals surface area contributed by atoms with Crippen molar-refractivity contribution in [1.29, 1.82) is 0 Å². The Kier molecular flexibility index (Phi) is 3.32. The highest BCUT2D eigenvalue weighted by molar-refractivity contribution is 5.92. The summed E-state index contributed by atoms with van der Waals surface area (Å²) in [5.74, 6) is 0.498. The van der Waals surface area contributed by atoms with Gasteiger partial charge in [-0.15, -0.1) is 0 Å². The summed E-state index contributed by atoms with van der Waals surface area (Å²) in [4.78, 5) is 15.9. The van der Waals surface area contributed by atoms with Crippen molar-refractivity contribution in [1.82, 2.24) is 10.3 Å². The van der Waals surface area contributed by atoms with Crippen molar-refractivity contribution in [3.05, 3.63) is 47.2 Å². The lowest BCUT2D eigenvalue weighted by molar-refractivity contribution is 0.0921. The standard InChI is InChI=1S/C13H15N3O2/c1-8-12(18-9(2)16-8)13(17)15-7-10-3-5-11(14)6-4-10/h3-6H,7,14H2,1-2H3,(H,15,17). The zero-order valence-corrected chi connectivity index (χ0v) is 10.4. The van der Waals surface area contributed by atoms with Gasteiger partial charge in [0.25, 0.3) is 5.91 Å². The number of oxazole rings is 1. The zero-order valence-electron chi connectivity index (χ0n) is 10.4. The fraction of sp³-hybridized carbons (Fsp3) is 0.231. The summed E-state index contributed by atoms with van der Waals surface area (Å²) in [6.45, 7) is 3.89. The fourth-order valence-electron chi connectivity index (χ4n) is 1.64. The number of benzene rings is 1. The summed E-state index contributed by atoms with van der Waals surface area (Å²) in [6, 6.07) is 7.33. The maximum Gasteiger partial charge on any atom is 0.289 e. The van der Waals surface area contributed by atoms with Gasteiger partial charge in [-0.1, -0.05) is 12.1 Å². The second-order valence-corrected chi connectivity index (χ2v) is 4.07. The number of carbonyl (C=O) groups is 1. The van der Waals surface area contributed by atoms with Crippen molar-refractivity contribution < 1.29 is 9.21 Å². The summed E-state index contributed by atoms with van der Waals surface area (Å²) in [5.41, 5.74) is 7.86. The molecule has 0 fully saturated rings. The number of carbonyl (C=O) groups excluding carboxylic acids is 1. The molecule has 3 N–H and O–H groups in total. The predicted octanol–water partition coefficient (Wildman–Crippen LogP) is 1.80. The van der Waals surface area contributed by atoms with Gasteiger partial charge in [0, 0.05) is 19.2 Å². The van der Waals surface area contributed by atoms with Crippen LogP contribution in [0.4, 0.5) is 5.69 Å². The number of nitrogens with two attached hydrogens (primary N) is 1. The number of rotatable bonds is 3. The molecule has 0 aliphatic heterocycles. The topological polar surface area (TPSA) is 81.2 Å². The van der Waals surface area contributed by atoms with Crippen LogP contribution in [-0.2, 0) is 6.54 Å². The minimum Gasteiger partial charge on any atom is -0.436 e. The molecule has 0 atom stereocenters. The SMILES string of the molecule is Cc1nc(C)c(C(=O)NCc2ccc(N)cc2)o1. The zero-order chi connectivity index (χ0) is 13.1. The molecule has 18 heavy (non-hydrogen) atoms. The molecule has 0 radical (unpaired) electrons. The summed E-state index contributed by atoms with van der Waals surface area (Å²) >= 11 is 0. The van der Waals surface area contributed by atoms with Crippen LogP contribution in [0, 0.1) is 13.8 Å². The predicted molar refractivity (Wildman–Crippen MR) is 68.0 cm³/mol. The average Bonchev–Trinajstić information content (AvgIpc) is 2.67. The van der Waals surface area contributed by atoms with Crippen molar-refractivity contribution >= 4 is 11.6 Å². The normalized spacial score (nSPS) is 10.3. The summed E-state index contributed by atoms with van der Waals surface area (Å²) in [5, 5.41) is 2.78. The first-order chi connectivity index (χ1) is 8.56. The van der Waals surface area contributed by atoms with Crippen LogP contribution >= 0.6 is 0 Å². The minimum atomic E-state index is -0.259. The largest absolute Gasteiger partial charge is 0.436 e. The van der Waals surface area contributed by atoms with Crippen molar-refractivity contribution in [2.75, 3.05) is 5.73 Å². The minimum absolute atomic E-state index is 0.259. The van der Waals surface area contributed by atoms with E-state index in [1.54, 1.807) is 26.0 Å². The highest BCUT2D eigenvalue weighted by atomic mass is 16.4. The molecule has 0 aliphatic rings. The van der Waals surface area contributed by atoms with Crippen LogP contribution in [0.25, 0.3) is 0 Å². The van der Waals surface area contributed by atoms with Gasteiger partial charge in [0.05, 0.1) is 5.69 Å².